The van der Waals surface area contributed by atoms with Crippen molar-refractivity contribution < 1.29 is 20.4 Å². The van der Waals surface area contributed by atoms with Gasteiger partial charge in [0.2, 0.25) is 0 Å². The van der Waals surface area contributed by atoms with Gasteiger partial charge in [0, 0.05) is 0 Å². The van der Waals surface area contributed by atoms with Gasteiger partial charge in [0.1, 0.15) is 0 Å². The molecule has 0 N–H and O–H groups in total. The van der Waals surface area contributed by atoms with Crippen LogP contribution in [0.15, 0.2) is 76.9 Å². The molecule has 1 unspecified atom stereocenters. The van der Waals surface area contributed by atoms with Gasteiger partial charge < -0.3 is 0 Å². The first-order chi connectivity index (χ1) is 14.8. The molecule has 2 aliphatic carbocycles. The van der Waals surface area contributed by atoms with Gasteiger partial charge >= 0.3 is 198 Å². The van der Waals surface area contributed by atoms with Crippen LogP contribution in [0.25, 0.3) is 5.57 Å². The van der Waals surface area contributed by atoms with Gasteiger partial charge in [-0.3, -0.25) is 0 Å². The van der Waals surface area contributed by atoms with Crippen molar-refractivity contribution in [3.05, 3.63) is 99.2 Å². The Morgan fingerprint density at radius 1 is 0.871 bits per heavy atom. The quantitative estimate of drug-likeness (QED) is 0.359. The molecule has 0 aliphatic heterocycles. The summed E-state index contributed by atoms with van der Waals surface area (Å²) in [5.41, 5.74) is 13.7. The fourth-order valence-corrected chi connectivity index (χ4v) is 26.2. The fourth-order valence-electron chi connectivity index (χ4n) is 5.65. The van der Waals surface area contributed by atoms with E-state index in [1.165, 1.54) is 35.1 Å². The van der Waals surface area contributed by atoms with Crippen molar-refractivity contribution in [2.45, 2.75) is 67.8 Å². The summed E-state index contributed by atoms with van der Waals surface area (Å²) in [6.07, 6.45) is 5.08. The summed E-state index contributed by atoms with van der Waals surface area (Å²) in [6.45, 7) is 17.1. The summed E-state index contributed by atoms with van der Waals surface area (Å²) >= 11 is -1.87. The Balaban J connectivity index is 1.87. The van der Waals surface area contributed by atoms with Gasteiger partial charge in [-0.2, -0.15) is 0 Å². The predicted octanol–water partition coefficient (Wildman–Crippen LogP) is 8.47. The molecule has 1 atom stereocenters. The second-order valence-corrected chi connectivity index (χ2v) is 27.6. The van der Waals surface area contributed by atoms with Crippen LogP contribution in [-0.2, 0) is 26.8 Å². The Hall–Kier alpha value is -1.24. The molecule has 31 heavy (non-hydrogen) atoms. The van der Waals surface area contributed by atoms with E-state index in [4.69, 9.17) is 0 Å². The molecule has 0 bridgehead atoms. The van der Waals surface area contributed by atoms with Crippen LogP contribution in [0.2, 0.25) is 16.7 Å². The number of benzene rings is 2. The molecule has 160 valence electrons. The van der Waals surface area contributed by atoms with Crippen LogP contribution in [0, 0.1) is 0 Å². The van der Waals surface area contributed by atoms with Crippen molar-refractivity contribution >= 4 is 11.0 Å². The SMILES string of the molecule is CCCc1cccc(C2=C[CH]([Zr]([CH]3C(C)=C(C)C(C)=C3C)=[Si](C)C)c3ccccc32)c1. The zero-order chi connectivity index (χ0) is 22.3. The first-order valence-electron chi connectivity index (χ1n) is 11.8. The second kappa shape index (κ2) is 9.32. The standard InChI is InChI=1S/C18H17.C9H13.C2H6Si.Zr/c1-2-6-14-7-5-9-16(13-14)18-12-11-15-8-3-4-10-17(15)18;1-6-5-7(2)9(4)8(6)3;1-3-2;/h3-5,7-13H,2,6H2,1H3;5H,1-4H3;1-2H3;. The van der Waals surface area contributed by atoms with Crippen LogP contribution in [0.3, 0.4) is 0 Å². The van der Waals surface area contributed by atoms with Gasteiger partial charge in [-0.1, -0.05) is 0 Å². The van der Waals surface area contributed by atoms with Crippen molar-refractivity contribution in [3.8, 4) is 0 Å². The minimum absolute atomic E-state index is 0.329. The molecule has 0 radical (unpaired) electrons. The Morgan fingerprint density at radius 2 is 1.55 bits per heavy atom. The van der Waals surface area contributed by atoms with Gasteiger partial charge in [-0.05, 0) is 0 Å². The Morgan fingerprint density at radius 3 is 2.19 bits per heavy atom. The van der Waals surface area contributed by atoms with Crippen molar-refractivity contribution in [1.29, 1.82) is 0 Å². The van der Waals surface area contributed by atoms with E-state index in [1.54, 1.807) is 27.9 Å². The molecule has 2 aromatic carbocycles. The van der Waals surface area contributed by atoms with E-state index < -0.39 is 20.4 Å². The van der Waals surface area contributed by atoms with E-state index in [0.717, 1.165) is 3.63 Å². The number of rotatable bonds is 5. The summed E-state index contributed by atoms with van der Waals surface area (Å²) in [5, 5.41) is 0. The number of hydrogen-bond acceptors (Lipinski definition) is 0. The molecule has 0 nitrogen and oxygen atoms in total. The van der Waals surface area contributed by atoms with E-state index >= 15 is 0 Å². The van der Waals surface area contributed by atoms with Crippen molar-refractivity contribution in [1.82, 2.24) is 0 Å². The van der Waals surface area contributed by atoms with E-state index in [0.29, 0.717) is 3.63 Å². The van der Waals surface area contributed by atoms with Gasteiger partial charge in [-0.25, -0.2) is 0 Å². The zero-order valence-electron chi connectivity index (χ0n) is 20.3. The van der Waals surface area contributed by atoms with Crippen LogP contribution in [0.1, 0.15) is 66.9 Å². The van der Waals surface area contributed by atoms with Gasteiger partial charge in [0.15, 0.2) is 0 Å². The predicted molar refractivity (Wildman–Crippen MR) is 135 cm³/mol. The molecule has 2 heteroatoms. The number of hydrogen-bond donors (Lipinski definition) is 0. The third-order valence-electron chi connectivity index (χ3n) is 7.53. The van der Waals surface area contributed by atoms with E-state index in [9.17, 15) is 0 Å². The maximum atomic E-state index is 2.71. The Kier molecular flexibility index (Phi) is 6.90. The maximum absolute atomic E-state index is 2.71. The number of aryl methyl sites for hydroxylation is 1. The van der Waals surface area contributed by atoms with E-state index in [1.807, 2.05) is 0 Å². The topological polar surface area (TPSA) is 0 Å². The molecule has 0 saturated heterocycles. The molecule has 0 aromatic heterocycles. The summed E-state index contributed by atoms with van der Waals surface area (Å²) in [4.78, 5) is 0. The van der Waals surface area contributed by atoms with Crippen LogP contribution in [0.5, 0.6) is 0 Å². The first-order valence-corrected chi connectivity index (χ1v) is 20.8. The van der Waals surface area contributed by atoms with Crippen LogP contribution in [-0.4, -0.2) is 5.43 Å². The zero-order valence-corrected chi connectivity index (χ0v) is 23.7. The Bertz CT molecular complexity index is 1130. The summed E-state index contributed by atoms with van der Waals surface area (Å²) in [6, 6.07) is 18.6. The van der Waals surface area contributed by atoms with Crippen LogP contribution in [0.4, 0.5) is 0 Å². The number of allylic oxidation sites excluding steroid dienone is 5. The van der Waals surface area contributed by atoms with Crippen molar-refractivity contribution in [3.63, 3.8) is 0 Å². The average molecular weight is 504 g/mol. The van der Waals surface area contributed by atoms with Gasteiger partial charge in [0.25, 0.3) is 0 Å². The fraction of sp³-hybridized carbons (Fsp3) is 0.379. The molecule has 0 spiro atoms. The monoisotopic (exact) mass is 502 g/mol. The Labute approximate surface area is 197 Å². The molecule has 2 aromatic rings. The van der Waals surface area contributed by atoms with Crippen LogP contribution >= 0.6 is 0 Å². The summed E-state index contributed by atoms with van der Waals surface area (Å²) in [7, 11) is 0. The minimum atomic E-state index is -1.87. The van der Waals surface area contributed by atoms with Crippen LogP contribution < -0.4 is 0 Å². The van der Waals surface area contributed by atoms with Gasteiger partial charge in [-0.15, -0.1) is 0 Å². The molecule has 0 saturated carbocycles. The normalized spacial score (nSPS) is 18.5. The molecule has 0 amide bonds. The molecule has 0 heterocycles. The van der Waals surface area contributed by atoms with Crippen molar-refractivity contribution in [2.75, 3.05) is 0 Å². The molecular formula is C29H36SiZr. The van der Waals surface area contributed by atoms with E-state index in [2.05, 4.69) is 102 Å². The third kappa shape index (κ3) is 4.11. The molecule has 4 rings (SSSR count). The molecular weight excluding hydrogens is 468 g/mol. The molecule has 0 fully saturated rings. The second-order valence-electron chi connectivity index (χ2n) is 9.60. The third-order valence-corrected chi connectivity index (χ3v) is 27.2. The van der Waals surface area contributed by atoms with E-state index in [-0.39, 0.29) is 5.43 Å². The summed E-state index contributed by atoms with van der Waals surface area (Å²) < 4.78 is 1.48. The molecule has 2 aliphatic rings. The van der Waals surface area contributed by atoms with Crippen molar-refractivity contribution in [2.24, 2.45) is 0 Å². The van der Waals surface area contributed by atoms with Gasteiger partial charge in [0.05, 0.1) is 0 Å². The number of fused-ring (bicyclic) bond motifs is 1. The first kappa shape index (κ1) is 22.9. The average Bonchev–Trinajstić information content (AvgIpc) is 3.22. The summed E-state index contributed by atoms with van der Waals surface area (Å²) in [5.74, 6) is 0.